The third-order valence-corrected chi connectivity index (χ3v) is 11.2. The van der Waals surface area contributed by atoms with Crippen molar-refractivity contribution in [1.29, 1.82) is 0 Å². The van der Waals surface area contributed by atoms with Gasteiger partial charge in [-0.25, -0.2) is 16.8 Å². The maximum atomic E-state index is 11.1. The van der Waals surface area contributed by atoms with Gasteiger partial charge in [0.25, 0.3) is 0 Å². The monoisotopic (exact) mass is 890 g/mol. The molecule has 0 aliphatic carbocycles. The third kappa shape index (κ3) is 29.8. The van der Waals surface area contributed by atoms with Crippen molar-refractivity contribution in [3.05, 3.63) is 47.0 Å². The van der Waals surface area contributed by atoms with Crippen LogP contribution in [-0.4, -0.2) is 63.9 Å². The van der Waals surface area contributed by atoms with Gasteiger partial charge in [0.15, 0.2) is 0 Å². The summed E-state index contributed by atoms with van der Waals surface area (Å²) in [4.78, 5) is 0. The van der Waals surface area contributed by atoms with Crippen LogP contribution in [0.5, 0.6) is 23.0 Å². The zero-order chi connectivity index (χ0) is 42.3. The van der Waals surface area contributed by atoms with Gasteiger partial charge in [0.05, 0.1) is 63.4 Å². The first-order valence-corrected chi connectivity index (χ1v) is 24.8. The van der Waals surface area contributed by atoms with E-state index >= 15 is 0 Å². The van der Waals surface area contributed by atoms with Crippen molar-refractivity contribution >= 4 is 20.2 Å². The number of terminal acetylenes is 1. The minimum Gasteiger partial charge on any atom is -0.748 e. The van der Waals surface area contributed by atoms with Crippen molar-refractivity contribution in [2.75, 3.05) is 37.9 Å². The number of ether oxygens (including phenoxy) is 4. The molecule has 0 saturated carbocycles. The molecule has 2 rings (SSSR count). The van der Waals surface area contributed by atoms with Gasteiger partial charge in [0, 0.05) is 23.6 Å². The van der Waals surface area contributed by atoms with Crippen LogP contribution in [0.3, 0.4) is 0 Å². The molecule has 326 valence electrons. The molecular formula is C46H68Na2O10S2. The molecule has 60 heavy (non-hydrogen) atoms. The van der Waals surface area contributed by atoms with Gasteiger partial charge < -0.3 is 28.1 Å². The van der Waals surface area contributed by atoms with Gasteiger partial charge in [0.2, 0.25) is 0 Å². The van der Waals surface area contributed by atoms with Crippen molar-refractivity contribution in [1.82, 2.24) is 0 Å². The molecule has 0 aliphatic rings. The topological polar surface area (TPSA) is 151 Å². The van der Waals surface area contributed by atoms with Crippen LogP contribution in [0.15, 0.2) is 30.3 Å². The maximum Gasteiger partial charge on any atom is 1.00 e. The minimum absolute atomic E-state index is 0. The molecule has 2 aromatic rings. The van der Waals surface area contributed by atoms with Gasteiger partial charge in [-0.15, -0.1) is 6.42 Å². The third-order valence-electron chi connectivity index (χ3n) is 9.63. The van der Waals surface area contributed by atoms with Gasteiger partial charge in [-0.05, 0) is 43.9 Å². The first kappa shape index (κ1) is 58.6. The fraction of sp³-hybridized carbons (Fsp3) is 0.652. The number of hydrogen-bond donors (Lipinski definition) is 0. The molecule has 0 fully saturated rings. The van der Waals surface area contributed by atoms with Crippen LogP contribution in [0.4, 0.5) is 0 Å². The second kappa shape index (κ2) is 36.0. The maximum absolute atomic E-state index is 11.1. The van der Waals surface area contributed by atoms with Crippen molar-refractivity contribution in [3.63, 3.8) is 0 Å². The summed E-state index contributed by atoms with van der Waals surface area (Å²) < 4.78 is 90.6. The van der Waals surface area contributed by atoms with Gasteiger partial charge in [-0.3, -0.25) is 0 Å². The molecule has 0 saturated heterocycles. The molecule has 0 unspecified atom stereocenters. The van der Waals surface area contributed by atoms with Crippen molar-refractivity contribution < 1.29 is 104 Å². The quantitative estimate of drug-likeness (QED) is 0.0431. The molecule has 0 amide bonds. The van der Waals surface area contributed by atoms with E-state index in [4.69, 9.17) is 25.4 Å². The largest absolute Gasteiger partial charge is 1.00 e. The minimum atomic E-state index is -4.40. The van der Waals surface area contributed by atoms with Crippen LogP contribution in [0.25, 0.3) is 0 Å². The predicted octanol–water partition coefficient (Wildman–Crippen LogP) is 4.30. The van der Waals surface area contributed by atoms with Gasteiger partial charge in [-0.1, -0.05) is 147 Å². The number of hydrogen-bond acceptors (Lipinski definition) is 10. The summed E-state index contributed by atoms with van der Waals surface area (Å²) >= 11 is 0. The summed E-state index contributed by atoms with van der Waals surface area (Å²) in [6.07, 6.45) is 30.2. The second-order valence-electron chi connectivity index (χ2n) is 14.9. The Kier molecular flexibility index (Phi) is 35.1. The number of benzene rings is 2. The molecule has 0 N–H and O–H groups in total. The summed E-state index contributed by atoms with van der Waals surface area (Å²) in [6.45, 7) is 5.42. The molecule has 10 nitrogen and oxygen atoms in total. The first-order chi connectivity index (χ1) is 28.0. The van der Waals surface area contributed by atoms with Crippen LogP contribution in [0.2, 0.25) is 0 Å². The van der Waals surface area contributed by atoms with Gasteiger partial charge in [-0.2, -0.15) is 0 Å². The average Bonchev–Trinajstić information content (AvgIpc) is 3.18. The van der Waals surface area contributed by atoms with E-state index in [0.29, 0.717) is 52.9 Å². The van der Waals surface area contributed by atoms with E-state index in [1.807, 2.05) is 0 Å². The molecule has 0 bridgehead atoms. The number of unbranched alkanes of at least 4 members (excludes halogenated alkanes) is 18. The summed E-state index contributed by atoms with van der Waals surface area (Å²) in [5.41, 5.74) is 1.52. The van der Waals surface area contributed by atoms with Crippen LogP contribution in [0, 0.1) is 24.2 Å². The molecule has 0 radical (unpaired) electrons. The fourth-order valence-electron chi connectivity index (χ4n) is 6.35. The molecule has 0 aliphatic heterocycles. The Hall–Kier alpha value is -1.42. The van der Waals surface area contributed by atoms with Crippen molar-refractivity contribution in [2.45, 2.75) is 155 Å². The molecule has 0 spiro atoms. The molecule has 0 heterocycles. The van der Waals surface area contributed by atoms with Crippen LogP contribution in [0.1, 0.15) is 172 Å². The Morgan fingerprint density at radius 1 is 0.467 bits per heavy atom. The summed E-state index contributed by atoms with van der Waals surface area (Å²) in [5, 5.41) is 0. The smallest absolute Gasteiger partial charge is 0.748 e. The van der Waals surface area contributed by atoms with Crippen molar-refractivity contribution in [3.8, 4) is 47.2 Å². The molecule has 0 aromatic heterocycles. The average molecular weight is 891 g/mol. The molecule has 14 heteroatoms. The van der Waals surface area contributed by atoms with Crippen molar-refractivity contribution in [2.24, 2.45) is 0 Å². The van der Waals surface area contributed by atoms with Crippen LogP contribution >= 0.6 is 0 Å². The van der Waals surface area contributed by atoms with E-state index in [0.717, 1.165) is 32.1 Å². The Bertz CT molecular complexity index is 1770. The first-order valence-electron chi connectivity index (χ1n) is 21.6. The van der Waals surface area contributed by atoms with E-state index in [1.54, 1.807) is 30.3 Å². The van der Waals surface area contributed by atoms with Gasteiger partial charge in [0.1, 0.15) is 23.0 Å². The zero-order valence-corrected chi connectivity index (χ0v) is 42.8. The van der Waals surface area contributed by atoms with E-state index < -0.39 is 31.7 Å². The van der Waals surface area contributed by atoms with E-state index in [1.165, 1.54) is 96.3 Å². The Labute approximate surface area is 407 Å². The summed E-state index contributed by atoms with van der Waals surface area (Å²) in [6, 6.07) is 8.40. The predicted molar refractivity (Wildman–Crippen MR) is 231 cm³/mol. The molecule has 0 atom stereocenters. The standard InChI is InChI=1S/C46H70O10S2.2Na/c1-4-7-9-11-13-15-17-19-21-23-31-55-45-39-42(46(38-40(45)6-3)56-32-24-22-20-18-16-14-12-10-8-5-2)28-27-41-37-43(53-33-25-35-57(47,48)49)29-30-44(41)54-34-26-36-58(50,51)52;;/h3,29-30,37-39H,4-5,7-26,31-36H2,1-2H3,(H,47,48,49)(H,50,51,52);;/q;2*+1/p-2. The normalized spacial score (nSPS) is 11.1. The van der Waals surface area contributed by atoms with Crippen LogP contribution < -0.4 is 78.1 Å². The molecular weight excluding hydrogens is 823 g/mol. The van der Waals surface area contributed by atoms with E-state index in [9.17, 15) is 25.9 Å². The SMILES string of the molecule is C#Cc1cc(OCCCCCCCCCCCC)c(C#Cc2cc(OCCCS(=O)(=O)[O-])ccc2OCCCS(=O)(=O)[O-])cc1OCCCCCCCCCCCC.[Na+].[Na+]. The zero-order valence-electron chi connectivity index (χ0n) is 37.2. The van der Waals surface area contributed by atoms with E-state index in [2.05, 4.69) is 31.6 Å². The van der Waals surface area contributed by atoms with E-state index in [-0.39, 0.29) is 85.2 Å². The Morgan fingerprint density at radius 3 is 1.25 bits per heavy atom. The van der Waals surface area contributed by atoms with Crippen LogP contribution in [-0.2, 0) is 20.2 Å². The number of rotatable bonds is 34. The van der Waals surface area contributed by atoms with Gasteiger partial charge >= 0.3 is 59.1 Å². The molecule has 2 aromatic carbocycles. The summed E-state index contributed by atoms with van der Waals surface area (Å²) in [7, 11) is -8.78. The second-order valence-corrected chi connectivity index (χ2v) is 17.9. The fourth-order valence-corrected chi connectivity index (χ4v) is 7.30. The Balaban J connectivity index is 0.0000174. The Morgan fingerprint density at radius 2 is 0.817 bits per heavy atom. The summed E-state index contributed by atoms with van der Waals surface area (Å²) in [5.74, 6) is 9.71.